The molecular formula is C34H53N3O6. The number of nitrogens with zero attached hydrogens (tertiary/aromatic N) is 1. The highest BCUT2D eigenvalue weighted by atomic mass is 16.5. The van der Waals surface area contributed by atoms with Gasteiger partial charge in [0.1, 0.15) is 17.4 Å². The van der Waals surface area contributed by atoms with Crippen LogP contribution < -0.4 is 15.4 Å². The summed E-state index contributed by atoms with van der Waals surface area (Å²) in [6.07, 6.45) is 2.87. The molecule has 240 valence electrons. The number of carbonyl (C=O) groups excluding carboxylic acids is 3. The molecule has 43 heavy (non-hydrogen) atoms. The lowest BCUT2D eigenvalue weighted by Gasteiger charge is -2.40. The van der Waals surface area contributed by atoms with E-state index in [2.05, 4.69) is 31.4 Å². The first-order valence-electron chi connectivity index (χ1n) is 16.0. The van der Waals surface area contributed by atoms with Crippen LogP contribution in [-0.2, 0) is 19.1 Å². The van der Waals surface area contributed by atoms with Crippen molar-refractivity contribution in [1.29, 1.82) is 0 Å². The third-order valence-electron chi connectivity index (χ3n) is 9.36. The van der Waals surface area contributed by atoms with Crippen LogP contribution in [0.25, 0.3) is 0 Å². The second-order valence-electron chi connectivity index (χ2n) is 15.1. The molecule has 6 atom stereocenters. The molecule has 3 N–H and O–H groups in total. The van der Waals surface area contributed by atoms with Crippen molar-refractivity contribution in [2.24, 2.45) is 23.2 Å². The topological polar surface area (TPSA) is 117 Å². The van der Waals surface area contributed by atoms with Gasteiger partial charge < -0.3 is 30.1 Å². The van der Waals surface area contributed by atoms with Crippen molar-refractivity contribution < 1.29 is 29.0 Å². The fraction of sp³-hybridized carbons (Fsp3) is 0.735. The smallest absolute Gasteiger partial charge is 0.246 e. The summed E-state index contributed by atoms with van der Waals surface area (Å²) >= 11 is 0. The second kappa shape index (κ2) is 12.0. The Bertz CT molecular complexity index is 1190. The van der Waals surface area contributed by atoms with E-state index in [-0.39, 0.29) is 35.7 Å². The zero-order valence-electron chi connectivity index (χ0n) is 27.6. The quantitative estimate of drug-likeness (QED) is 0.314. The summed E-state index contributed by atoms with van der Waals surface area (Å²) < 4.78 is 12.4. The molecule has 3 aliphatic heterocycles. The third kappa shape index (κ3) is 6.30. The van der Waals surface area contributed by atoms with Gasteiger partial charge in [0.25, 0.3) is 0 Å². The first kappa shape index (κ1) is 33.2. The SMILES string of the molecule is CCOc1ccc(NC(=O)[C@@H]2[C@H]3C(=O)N([C@@H](CO)CC(C)C)C(C(=O)NC(C)(C)CC(C)(C)C)C34CC[C@@]2(CC)O4)cc1. The minimum absolute atomic E-state index is 0.0350. The Balaban J connectivity index is 1.74. The number of rotatable bonds is 12. The number of anilines is 1. The van der Waals surface area contributed by atoms with Crippen molar-refractivity contribution in [2.45, 2.75) is 123 Å². The van der Waals surface area contributed by atoms with Gasteiger partial charge in [0.15, 0.2) is 0 Å². The summed E-state index contributed by atoms with van der Waals surface area (Å²) in [7, 11) is 0. The van der Waals surface area contributed by atoms with Gasteiger partial charge in [0.05, 0.1) is 36.7 Å². The minimum Gasteiger partial charge on any atom is -0.494 e. The van der Waals surface area contributed by atoms with E-state index in [1.165, 1.54) is 0 Å². The first-order valence-corrected chi connectivity index (χ1v) is 16.0. The van der Waals surface area contributed by atoms with Crippen molar-refractivity contribution >= 4 is 23.4 Å². The molecule has 2 bridgehead atoms. The largest absolute Gasteiger partial charge is 0.494 e. The maximum absolute atomic E-state index is 14.6. The van der Waals surface area contributed by atoms with Crippen molar-refractivity contribution in [3.63, 3.8) is 0 Å². The highest BCUT2D eigenvalue weighted by molar-refractivity contribution is 6.02. The Morgan fingerprint density at radius 1 is 1.09 bits per heavy atom. The number of aliphatic hydroxyl groups excluding tert-OH is 1. The molecule has 0 aliphatic carbocycles. The highest BCUT2D eigenvalue weighted by Crippen LogP contribution is 2.64. The first-order chi connectivity index (χ1) is 20.0. The maximum Gasteiger partial charge on any atom is 0.246 e. The number of aliphatic hydroxyl groups is 1. The molecule has 0 aromatic heterocycles. The van der Waals surface area contributed by atoms with E-state index < -0.39 is 40.7 Å². The number of nitrogens with one attached hydrogen (secondary N) is 2. The van der Waals surface area contributed by atoms with Crippen LogP contribution in [0, 0.1) is 23.2 Å². The maximum atomic E-state index is 14.6. The summed E-state index contributed by atoms with van der Waals surface area (Å²) in [5.41, 5.74) is -1.99. The lowest BCUT2D eigenvalue weighted by molar-refractivity contribution is -0.151. The van der Waals surface area contributed by atoms with Crippen LogP contribution in [0.4, 0.5) is 5.69 Å². The highest BCUT2D eigenvalue weighted by Gasteiger charge is 2.79. The average Bonchev–Trinajstić information content (AvgIpc) is 3.50. The van der Waals surface area contributed by atoms with Crippen LogP contribution in [0.15, 0.2) is 24.3 Å². The van der Waals surface area contributed by atoms with Crippen LogP contribution in [0.1, 0.15) is 94.4 Å². The van der Waals surface area contributed by atoms with Crippen molar-refractivity contribution in [2.75, 3.05) is 18.5 Å². The minimum atomic E-state index is -1.15. The Morgan fingerprint density at radius 2 is 1.74 bits per heavy atom. The fourth-order valence-electron chi connectivity index (χ4n) is 8.36. The van der Waals surface area contributed by atoms with Gasteiger partial charge in [-0.2, -0.15) is 0 Å². The molecular weight excluding hydrogens is 546 g/mol. The predicted octanol–water partition coefficient (Wildman–Crippen LogP) is 4.92. The van der Waals surface area contributed by atoms with E-state index in [4.69, 9.17) is 9.47 Å². The normalized spacial score (nSPS) is 29.1. The van der Waals surface area contributed by atoms with Crippen LogP contribution in [0.2, 0.25) is 0 Å². The zero-order valence-corrected chi connectivity index (χ0v) is 27.6. The van der Waals surface area contributed by atoms with E-state index in [1.807, 2.05) is 41.5 Å². The van der Waals surface area contributed by atoms with Gasteiger partial charge in [-0.3, -0.25) is 14.4 Å². The number of ether oxygens (including phenoxy) is 2. The number of hydrogen-bond donors (Lipinski definition) is 3. The Morgan fingerprint density at radius 3 is 2.28 bits per heavy atom. The van der Waals surface area contributed by atoms with Crippen LogP contribution in [0.5, 0.6) is 5.75 Å². The number of likely N-dealkylation sites (tertiary alicyclic amines) is 1. The molecule has 3 fully saturated rings. The van der Waals surface area contributed by atoms with Gasteiger partial charge in [-0.25, -0.2) is 0 Å². The van der Waals surface area contributed by atoms with E-state index >= 15 is 0 Å². The van der Waals surface area contributed by atoms with E-state index in [1.54, 1.807) is 29.2 Å². The van der Waals surface area contributed by atoms with Crippen LogP contribution >= 0.6 is 0 Å². The van der Waals surface area contributed by atoms with E-state index in [0.717, 1.165) is 6.42 Å². The predicted molar refractivity (Wildman–Crippen MR) is 167 cm³/mol. The zero-order chi connectivity index (χ0) is 32.0. The van der Waals surface area contributed by atoms with Crippen LogP contribution in [-0.4, -0.2) is 69.8 Å². The molecule has 3 heterocycles. The molecule has 4 rings (SSSR count). The number of hydrogen-bond acceptors (Lipinski definition) is 6. The average molecular weight is 600 g/mol. The van der Waals surface area contributed by atoms with Gasteiger partial charge in [-0.15, -0.1) is 0 Å². The summed E-state index contributed by atoms with van der Waals surface area (Å²) in [6.45, 7) is 18.6. The molecule has 1 spiro atoms. The summed E-state index contributed by atoms with van der Waals surface area (Å²) in [6, 6.07) is 5.65. The monoisotopic (exact) mass is 599 g/mol. The molecule has 2 unspecified atom stereocenters. The van der Waals surface area contributed by atoms with Gasteiger partial charge >= 0.3 is 0 Å². The fourth-order valence-corrected chi connectivity index (χ4v) is 8.36. The molecule has 0 saturated carbocycles. The van der Waals surface area contributed by atoms with Crippen LogP contribution in [0.3, 0.4) is 0 Å². The Labute approximate surface area is 257 Å². The molecule has 9 heteroatoms. The van der Waals surface area contributed by atoms with Gasteiger partial charge in [-0.1, -0.05) is 41.5 Å². The van der Waals surface area contributed by atoms with Gasteiger partial charge in [0, 0.05) is 11.2 Å². The van der Waals surface area contributed by atoms with E-state index in [0.29, 0.717) is 43.7 Å². The Kier molecular flexibility index (Phi) is 9.30. The number of benzene rings is 1. The van der Waals surface area contributed by atoms with Crippen molar-refractivity contribution in [1.82, 2.24) is 10.2 Å². The van der Waals surface area contributed by atoms with Crippen molar-refractivity contribution in [3.8, 4) is 5.75 Å². The molecule has 3 aliphatic rings. The molecule has 1 aromatic carbocycles. The summed E-state index contributed by atoms with van der Waals surface area (Å²) in [4.78, 5) is 44.6. The lowest BCUT2D eigenvalue weighted by Crippen LogP contribution is -2.61. The molecule has 3 saturated heterocycles. The molecule has 3 amide bonds. The van der Waals surface area contributed by atoms with Crippen molar-refractivity contribution in [3.05, 3.63) is 24.3 Å². The number of fused-ring (bicyclic) bond motifs is 1. The third-order valence-corrected chi connectivity index (χ3v) is 9.36. The summed E-state index contributed by atoms with van der Waals surface area (Å²) in [5, 5.41) is 16.8. The molecule has 1 aromatic rings. The molecule has 9 nitrogen and oxygen atoms in total. The second-order valence-corrected chi connectivity index (χ2v) is 15.1. The lowest BCUT2D eigenvalue weighted by atomic mass is 9.65. The summed E-state index contributed by atoms with van der Waals surface area (Å²) in [5.74, 6) is -1.57. The standard InChI is InChI=1S/C34H53N3O6/c1-10-33-16-17-34(43-33)26(25(33)28(39)35-22-12-14-24(15-13-22)42-11-2)30(41)37(23(19-38)18-21(3)4)27(34)29(40)36-32(8,9)20-31(5,6)7/h12-15,21,23,25-27,38H,10-11,16-20H2,1-9H3,(H,35,39)(H,36,40)/t23-,25+,26+,27?,33-,34?/m1/s1. The number of carbonyl (C=O) groups is 3. The Hall–Kier alpha value is -2.65. The molecule has 0 radical (unpaired) electrons. The number of amides is 3. The van der Waals surface area contributed by atoms with Gasteiger partial charge in [-0.05, 0) is 88.5 Å². The van der Waals surface area contributed by atoms with E-state index in [9.17, 15) is 19.5 Å². The van der Waals surface area contributed by atoms with Gasteiger partial charge in [0.2, 0.25) is 17.7 Å².